The Bertz CT molecular complexity index is 856. The number of hydrogen-bond acceptors (Lipinski definition) is 4. The van der Waals surface area contributed by atoms with E-state index in [2.05, 4.69) is 15.3 Å². The predicted octanol–water partition coefficient (Wildman–Crippen LogP) is 2.45. The smallest absolute Gasteiger partial charge is 0.226 e. The average molecular weight is 306 g/mol. The molecular weight excluding hydrogens is 292 g/mol. The molecule has 4 rings (SSSR count). The molecule has 23 heavy (non-hydrogen) atoms. The highest BCUT2D eigenvalue weighted by Crippen LogP contribution is 2.37. The van der Waals surface area contributed by atoms with E-state index in [4.69, 9.17) is 0 Å². The second-order valence-corrected chi connectivity index (χ2v) is 5.46. The third-order valence-electron chi connectivity index (χ3n) is 3.99. The molecule has 0 bridgehead atoms. The fraction of sp³-hybridized carbons (Fsp3) is 0.118. The van der Waals surface area contributed by atoms with Crippen LogP contribution in [0.25, 0.3) is 5.69 Å². The highest BCUT2D eigenvalue weighted by molar-refractivity contribution is 5.94. The Hall–Kier alpha value is -3.15. The Balaban J connectivity index is 1.81. The van der Waals surface area contributed by atoms with Gasteiger partial charge in [-0.15, -0.1) is 0 Å². The van der Waals surface area contributed by atoms with Crippen molar-refractivity contribution in [2.24, 2.45) is 0 Å². The van der Waals surface area contributed by atoms with E-state index in [1.807, 2.05) is 28.8 Å². The van der Waals surface area contributed by atoms with Gasteiger partial charge in [-0.1, -0.05) is 12.1 Å². The number of aromatic hydroxyl groups is 1. The Kier molecular flexibility index (Phi) is 3.08. The first-order valence-corrected chi connectivity index (χ1v) is 7.29. The summed E-state index contributed by atoms with van der Waals surface area (Å²) < 4.78 is 1.83. The highest BCUT2D eigenvalue weighted by Gasteiger charge is 2.30. The monoisotopic (exact) mass is 306 g/mol. The quantitative estimate of drug-likeness (QED) is 0.762. The number of rotatable bonds is 2. The molecule has 1 aromatic carbocycles. The van der Waals surface area contributed by atoms with Crippen LogP contribution in [0.3, 0.4) is 0 Å². The van der Waals surface area contributed by atoms with Crippen LogP contribution in [0.2, 0.25) is 0 Å². The minimum absolute atomic E-state index is 0.0544. The van der Waals surface area contributed by atoms with Crippen LogP contribution < -0.4 is 5.32 Å². The number of carbonyl (C=O) groups excluding carboxylic acids is 1. The van der Waals surface area contributed by atoms with Crippen LogP contribution in [0.1, 0.15) is 23.6 Å². The van der Waals surface area contributed by atoms with Gasteiger partial charge >= 0.3 is 0 Å². The maximum atomic E-state index is 12.1. The lowest BCUT2D eigenvalue weighted by molar-refractivity contribution is -0.116. The number of fused-ring (bicyclic) bond motifs is 1. The number of phenols is 1. The van der Waals surface area contributed by atoms with Gasteiger partial charge in [-0.3, -0.25) is 14.3 Å². The maximum Gasteiger partial charge on any atom is 0.226 e. The topological polar surface area (TPSA) is 80.0 Å². The first-order valence-electron chi connectivity index (χ1n) is 7.29. The van der Waals surface area contributed by atoms with Crippen LogP contribution in [0, 0.1) is 0 Å². The normalized spacial score (nSPS) is 16.7. The molecule has 0 spiro atoms. The van der Waals surface area contributed by atoms with Crippen molar-refractivity contribution in [3.05, 3.63) is 66.4 Å². The van der Waals surface area contributed by atoms with E-state index < -0.39 is 0 Å². The highest BCUT2D eigenvalue weighted by atomic mass is 16.3. The zero-order valence-electron chi connectivity index (χ0n) is 12.2. The van der Waals surface area contributed by atoms with E-state index in [1.54, 1.807) is 30.9 Å². The zero-order chi connectivity index (χ0) is 15.8. The molecule has 0 aliphatic carbocycles. The average Bonchev–Trinajstić information content (AvgIpc) is 2.99. The number of benzene rings is 1. The number of amides is 1. The van der Waals surface area contributed by atoms with Crippen LogP contribution in [0.15, 0.2) is 55.1 Å². The summed E-state index contributed by atoms with van der Waals surface area (Å²) in [5.74, 6) is 0.695. The van der Waals surface area contributed by atoms with Gasteiger partial charge in [0.25, 0.3) is 0 Å². The van der Waals surface area contributed by atoms with Gasteiger partial charge in [0, 0.05) is 18.5 Å². The molecule has 6 heteroatoms. The number of anilines is 1. The van der Waals surface area contributed by atoms with Crippen molar-refractivity contribution in [1.82, 2.24) is 14.5 Å². The standard InChI is InChI=1S/C17H14N4O2/c22-13-5-3-11(4-6-13)14-8-15(23)20-17-16(14)19-10-21(17)12-2-1-7-18-9-12/h1-7,9-10,14,22H,8H2,(H,20,23). The van der Waals surface area contributed by atoms with E-state index in [0.717, 1.165) is 16.9 Å². The molecule has 1 aliphatic rings. The van der Waals surface area contributed by atoms with Crippen LogP contribution in [0.4, 0.5) is 5.82 Å². The van der Waals surface area contributed by atoms with Crippen molar-refractivity contribution in [3.63, 3.8) is 0 Å². The molecule has 1 amide bonds. The second kappa shape index (κ2) is 5.24. The largest absolute Gasteiger partial charge is 0.508 e. The Morgan fingerprint density at radius 1 is 1.22 bits per heavy atom. The number of nitrogens with one attached hydrogen (secondary N) is 1. The molecule has 1 atom stereocenters. The molecule has 0 radical (unpaired) electrons. The number of imidazole rings is 1. The molecule has 1 aliphatic heterocycles. The molecule has 2 N–H and O–H groups in total. The lowest BCUT2D eigenvalue weighted by atomic mass is 9.90. The number of aromatic nitrogens is 3. The molecule has 6 nitrogen and oxygen atoms in total. The van der Waals surface area contributed by atoms with Gasteiger partial charge in [-0.05, 0) is 29.8 Å². The molecule has 114 valence electrons. The van der Waals surface area contributed by atoms with Crippen molar-refractivity contribution in [2.75, 3.05) is 5.32 Å². The fourth-order valence-electron chi connectivity index (χ4n) is 2.88. The summed E-state index contributed by atoms with van der Waals surface area (Å²) in [6, 6.07) is 10.6. The summed E-state index contributed by atoms with van der Waals surface area (Å²) in [5.41, 5.74) is 2.61. The van der Waals surface area contributed by atoms with Crippen molar-refractivity contribution in [3.8, 4) is 11.4 Å². The Morgan fingerprint density at radius 2 is 2.04 bits per heavy atom. The summed E-state index contributed by atoms with van der Waals surface area (Å²) in [7, 11) is 0. The van der Waals surface area contributed by atoms with Gasteiger partial charge in [0.05, 0.1) is 17.6 Å². The fourth-order valence-corrected chi connectivity index (χ4v) is 2.88. The third-order valence-corrected chi connectivity index (χ3v) is 3.99. The van der Waals surface area contributed by atoms with E-state index >= 15 is 0 Å². The number of phenolic OH excluding ortho intramolecular Hbond substituents is 1. The summed E-state index contributed by atoms with van der Waals surface area (Å²) in [4.78, 5) is 20.8. The molecule has 1 unspecified atom stereocenters. The first kappa shape index (κ1) is 13.5. The van der Waals surface area contributed by atoms with Crippen LogP contribution in [-0.4, -0.2) is 25.5 Å². The second-order valence-electron chi connectivity index (χ2n) is 5.46. The van der Waals surface area contributed by atoms with Gasteiger partial charge < -0.3 is 10.4 Å². The van der Waals surface area contributed by atoms with Crippen LogP contribution in [0.5, 0.6) is 5.75 Å². The number of hydrogen-bond donors (Lipinski definition) is 2. The first-order chi connectivity index (χ1) is 11.2. The molecule has 0 saturated heterocycles. The summed E-state index contributed by atoms with van der Waals surface area (Å²) in [6.07, 6.45) is 5.45. The van der Waals surface area contributed by atoms with E-state index in [9.17, 15) is 9.90 Å². The number of nitrogens with zero attached hydrogens (tertiary/aromatic N) is 3. The molecule has 0 saturated carbocycles. The predicted molar refractivity (Wildman–Crippen MR) is 84.6 cm³/mol. The SMILES string of the molecule is O=C1CC(c2ccc(O)cc2)c2ncn(-c3cccnc3)c2N1. The third kappa shape index (κ3) is 2.34. The van der Waals surface area contributed by atoms with Gasteiger partial charge in [0.2, 0.25) is 5.91 Å². The number of carbonyl (C=O) groups is 1. The minimum Gasteiger partial charge on any atom is -0.508 e. The van der Waals surface area contributed by atoms with Crippen molar-refractivity contribution >= 4 is 11.7 Å². The molecule has 3 aromatic rings. The lowest BCUT2D eigenvalue weighted by Crippen LogP contribution is -2.24. The Morgan fingerprint density at radius 3 is 2.78 bits per heavy atom. The van der Waals surface area contributed by atoms with E-state index in [0.29, 0.717) is 12.2 Å². The zero-order valence-corrected chi connectivity index (χ0v) is 12.2. The summed E-state index contributed by atoms with van der Waals surface area (Å²) in [6.45, 7) is 0. The van der Waals surface area contributed by atoms with Gasteiger partial charge in [-0.25, -0.2) is 4.98 Å². The summed E-state index contributed by atoms with van der Waals surface area (Å²) in [5, 5.41) is 12.4. The van der Waals surface area contributed by atoms with Crippen molar-refractivity contribution < 1.29 is 9.90 Å². The van der Waals surface area contributed by atoms with E-state index in [1.165, 1.54) is 0 Å². The van der Waals surface area contributed by atoms with Gasteiger partial charge in [-0.2, -0.15) is 0 Å². The van der Waals surface area contributed by atoms with Crippen LogP contribution in [-0.2, 0) is 4.79 Å². The summed E-state index contributed by atoms with van der Waals surface area (Å²) >= 11 is 0. The lowest BCUT2D eigenvalue weighted by Gasteiger charge is -2.23. The van der Waals surface area contributed by atoms with Crippen molar-refractivity contribution in [1.29, 1.82) is 0 Å². The minimum atomic E-state index is -0.128. The number of pyridine rings is 1. The Labute approximate surface area is 132 Å². The molecule has 2 aromatic heterocycles. The van der Waals surface area contributed by atoms with Gasteiger partial charge in [0.15, 0.2) is 0 Å². The maximum absolute atomic E-state index is 12.1. The molecule has 3 heterocycles. The van der Waals surface area contributed by atoms with Crippen molar-refractivity contribution in [2.45, 2.75) is 12.3 Å². The van der Waals surface area contributed by atoms with Crippen LogP contribution >= 0.6 is 0 Å². The van der Waals surface area contributed by atoms with E-state index in [-0.39, 0.29) is 17.6 Å². The van der Waals surface area contributed by atoms with Gasteiger partial charge in [0.1, 0.15) is 17.9 Å². The molecule has 0 fully saturated rings. The molecular formula is C17H14N4O2.